The number of methoxy groups -OCH3 is 1. The van der Waals surface area contributed by atoms with E-state index in [0.717, 1.165) is 156 Å². The van der Waals surface area contributed by atoms with E-state index in [1.54, 1.807) is 35.2 Å². The van der Waals surface area contributed by atoms with Crippen molar-refractivity contribution in [3.05, 3.63) is 166 Å². The Labute approximate surface area is 860 Å². The van der Waals surface area contributed by atoms with E-state index >= 15 is 0 Å². The Bertz CT molecular complexity index is 6490. The highest BCUT2D eigenvalue weighted by molar-refractivity contribution is 7.13. The normalized spacial score (nSPS) is 13.0. The van der Waals surface area contributed by atoms with Crippen LogP contribution in [-0.4, -0.2) is 223 Å². The largest absolute Gasteiger partial charge is 0.495 e. The second-order valence-electron chi connectivity index (χ2n) is 36.5. The van der Waals surface area contributed by atoms with Gasteiger partial charge in [-0.25, -0.2) is 39.3 Å². The summed E-state index contributed by atoms with van der Waals surface area (Å²) in [6.45, 7) is 51.4. The Morgan fingerprint density at radius 3 is 1.22 bits per heavy atom. The van der Waals surface area contributed by atoms with Crippen molar-refractivity contribution in [1.82, 2.24) is 69.2 Å². The van der Waals surface area contributed by atoms with Crippen molar-refractivity contribution in [2.45, 2.75) is 206 Å². The lowest BCUT2D eigenvalue weighted by molar-refractivity contribution is 0.0322. The number of benzene rings is 5. The molecule has 4 N–H and O–H groups in total. The molecule has 0 saturated carbocycles. The van der Waals surface area contributed by atoms with Gasteiger partial charge in [0.2, 0.25) is 0 Å². The first-order valence-electron chi connectivity index (χ1n) is 48.7. The van der Waals surface area contributed by atoms with Crippen molar-refractivity contribution in [3.8, 4) is 103 Å². The third kappa shape index (κ3) is 30.0. The van der Waals surface area contributed by atoms with Gasteiger partial charge in [0.05, 0.1) is 116 Å². The molecule has 10 aromatic heterocycles. The van der Waals surface area contributed by atoms with E-state index in [-0.39, 0.29) is 42.6 Å². The van der Waals surface area contributed by atoms with Gasteiger partial charge in [0, 0.05) is 157 Å². The summed E-state index contributed by atoms with van der Waals surface area (Å²) in [7, 11) is 1.58. The first kappa shape index (κ1) is 108. The third-order valence-electron chi connectivity index (χ3n) is 21.1. The molecular formula is C106H132Cl4N18O14S. The maximum Gasteiger partial charge on any atom is 0.295 e. The molecule has 764 valence electrons. The number of hydrogen-bond acceptors (Lipinski definition) is 31. The van der Waals surface area contributed by atoms with Crippen molar-refractivity contribution in [1.29, 1.82) is 0 Å². The Kier molecular flexibility index (Phi) is 39.2. The van der Waals surface area contributed by atoms with Crippen molar-refractivity contribution in [3.63, 3.8) is 0 Å². The van der Waals surface area contributed by atoms with Crippen LogP contribution >= 0.6 is 57.7 Å². The molecule has 2 saturated heterocycles. The summed E-state index contributed by atoms with van der Waals surface area (Å²) < 4.78 is 84.3. The van der Waals surface area contributed by atoms with Crippen LogP contribution in [0.3, 0.4) is 0 Å². The number of hydrogen-bond donors (Lipinski definition) is 4. The maximum atomic E-state index is 6.77. The van der Waals surface area contributed by atoms with Gasteiger partial charge < -0.3 is 86.9 Å². The van der Waals surface area contributed by atoms with Crippen LogP contribution in [0.15, 0.2) is 155 Å². The first-order chi connectivity index (χ1) is 68.7. The molecule has 0 bridgehead atoms. The van der Waals surface area contributed by atoms with Gasteiger partial charge in [0.15, 0.2) is 11.6 Å². The minimum absolute atomic E-state index is 0.00345. The van der Waals surface area contributed by atoms with Gasteiger partial charge in [-0.3, -0.25) is 9.80 Å². The molecular weight excluding hydrogens is 1920 g/mol. The Balaban J connectivity index is 0.000000151. The fourth-order valence-corrected chi connectivity index (χ4v) is 16.8. The number of pyridine rings is 5. The second-order valence-corrected chi connectivity index (χ2v) is 38.9. The van der Waals surface area contributed by atoms with Crippen LogP contribution in [0.1, 0.15) is 151 Å². The smallest absolute Gasteiger partial charge is 0.295 e. The average Bonchev–Trinajstić information content (AvgIpc) is 1.46. The number of fused-ring (bicyclic) bond motifs is 5. The molecule has 0 atom stereocenters. The molecule has 143 heavy (non-hydrogen) atoms. The number of thiazole rings is 1. The van der Waals surface area contributed by atoms with Crippen molar-refractivity contribution in [2.75, 3.05) is 121 Å². The monoisotopic (exact) mass is 2050 g/mol. The zero-order chi connectivity index (χ0) is 102. The zero-order valence-corrected chi connectivity index (χ0v) is 89.1. The van der Waals surface area contributed by atoms with Gasteiger partial charge in [-0.1, -0.05) is 60.3 Å². The fraction of sp³-hybridized carbons (Fsp3) is 0.434. The number of oxazole rings is 2. The molecule has 2 aliphatic heterocycles. The average molecular weight is 2060 g/mol. The lowest BCUT2D eigenvalue weighted by Gasteiger charge is -2.26. The molecule has 0 radical (unpaired) electrons. The molecule has 5 aromatic carbocycles. The Morgan fingerprint density at radius 2 is 0.776 bits per heavy atom. The predicted molar refractivity (Wildman–Crippen MR) is 573 cm³/mol. The van der Waals surface area contributed by atoms with Gasteiger partial charge in [-0.15, -0.1) is 16.4 Å². The highest BCUT2D eigenvalue weighted by Gasteiger charge is 2.26. The molecule has 2 fully saturated rings. The number of nitrogens with zero attached hydrogens (tertiary/aromatic N) is 14. The van der Waals surface area contributed by atoms with Crippen LogP contribution in [0.4, 0.5) is 23.7 Å². The summed E-state index contributed by atoms with van der Waals surface area (Å²) in [6, 6.07) is 36.3. The number of ether oxygens (including phenoxy) is 12. The first-order valence-corrected chi connectivity index (χ1v) is 51.1. The van der Waals surface area contributed by atoms with Gasteiger partial charge in [-0.2, -0.15) is 15.1 Å². The molecule has 32 nitrogen and oxygen atoms in total. The van der Waals surface area contributed by atoms with Gasteiger partial charge in [0.1, 0.15) is 137 Å². The lowest BCUT2D eigenvalue weighted by atomic mass is 10.1. The topological polar surface area (TPSA) is 330 Å². The van der Waals surface area contributed by atoms with E-state index in [4.69, 9.17) is 132 Å². The lowest BCUT2D eigenvalue weighted by Crippen LogP contribution is -2.38. The molecule has 37 heteroatoms. The van der Waals surface area contributed by atoms with E-state index in [1.807, 2.05) is 231 Å². The minimum Gasteiger partial charge on any atom is -0.495 e. The van der Waals surface area contributed by atoms with E-state index in [2.05, 4.69) is 95.8 Å². The fourth-order valence-electron chi connectivity index (χ4n) is 15.0. The summed E-state index contributed by atoms with van der Waals surface area (Å²) in [5, 5.41) is 30.7. The molecule has 0 amide bonds. The highest BCUT2D eigenvalue weighted by atomic mass is 35.5. The number of aromatic nitrogens is 12. The van der Waals surface area contributed by atoms with Crippen molar-refractivity contribution < 1.29 is 65.7 Å². The van der Waals surface area contributed by atoms with Gasteiger partial charge >= 0.3 is 0 Å². The maximum absolute atomic E-state index is 6.77. The van der Waals surface area contributed by atoms with Crippen LogP contribution in [-0.2, 0) is 9.47 Å². The highest BCUT2D eigenvalue weighted by Crippen LogP contribution is 2.45. The zero-order valence-electron chi connectivity index (χ0n) is 85.3. The molecule has 17 rings (SSSR count). The molecule has 15 aromatic rings. The predicted octanol–water partition coefficient (Wildman–Crippen LogP) is 24.8. The van der Waals surface area contributed by atoms with Crippen molar-refractivity contribution >= 4 is 136 Å². The molecule has 0 aliphatic carbocycles. The van der Waals surface area contributed by atoms with Crippen LogP contribution in [0.5, 0.6) is 57.5 Å². The summed E-state index contributed by atoms with van der Waals surface area (Å²) >= 11 is 28.0. The third-order valence-corrected chi connectivity index (χ3v) is 23.4. The van der Waals surface area contributed by atoms with Crippen LogP contribution in [0, 0.1) is 0 Å². The number of anilines is 4. The van der Waals surface area contributed by atoms with E-state index in [1.165, 1.54) is 11.3 Å². The van der Waals surface area contributed by atoms with Crippen molar-refractivity contribution in [2.24, 2.45) is 0 Å². The summed E-state index contributed by atoms with van der Waals surface area (Å²) in [5.41, 5.74) is 6.51. The number of rotatable bonds is 38. The van der Waals surface area contributed by atoms with E-state index in [0.29, 0.717) is 162 Å². The Hall–Kier alpha value is -12.2. The molecule has 0 unspecified atom stereocenters. The second kappa shape index (κ2) is 51.9. The van der Waals surface area contributed by atoms with E-state index in [9.17, 15) is 0 Å². The number of halogens is 4. The number of morpholine rings is 2. The van der Waals surface area contributed by atoms with Crippen LogP contribution in [0.2, 0.25) is 20.1 Å². The van der Waals surface area contributed by atoms with Crippen LogP contribution < -0.4 is 68.6 Å². The minimum atomic E-state index is -0.0119. The quantitative estimate of drug-likeness (QED) is 0.0279. The summed E-state index contributed by atoms with van der Waals surface area (Å²) in [6.07, 6.45) is 10.5. The molecule has 12 heterocycles. The summed E-state index contributed by atoms with van der Waals surface area (Å²) in [5.74, 6) is 9.85. The SMILES string of the molecule is CC(C)Nc1ccn(-c2cc(OC(C)C)c3ccc(OCCN4CCOCC4)cc3n2)n1.CC(C)Nc1nc(-c2cc(OC(C)C)c3ccc(OCCN4CCOCC4)c(Cl)c3n2)co1.CCCOc1ccc2c(OC(C)C)cc(-c3coc(NC(C)C)n3)nc2c1Cl.CCCOc1ccc2c(OC(C)C)cc(-c3nc(NC(C)C)cs3)nc2c1Cl.COc1ccc2c(OC(C)C)cc(-n3cccn3)nc2c1Cl. The van der Waals surface area contributed by atoms with Crippen LogP contribution in [0.25, 0.3) is 99.6 Å². The Morgan fingerprint density at radius 1 is 0.378 bits per heavy atom. The standard InChI is InChI=1S/C24H31ClN4O4.C24H33N5O3.C21H26ClN3O3.C21H26ClN3O2S.C16H16ClN3O2/c1-15(2)26-24-28-19(14-32-24)18-13-21(33-16(3)4)17-5-6-20(22(25)23(17)27-18)31-12-9-29-7-10-30-11-8-29;1-17(2)25-23-7-8-29(27-23)24-16-22(32-18(3)4)20-6-5-19(15-21(20)26-24)31-14-11-28-9-12-30-13-10-28;1-6-9-26-17-8-7-14-18(28-13(4)5)10-15(24-20(14)19(17)22)16-11-27-21(25-16)23-12(2)3;1-6-9-26-16-8-7-14-17(27-13(4)5)10-15(24-20(14)19(16)22)21-25-18(11-28-21)23-12(2)3;1-10(2)22-13-9-14(20-8-4-7-18-20)19-16-11(13)5-6-12(21-3)15(16)17/h5-6,13-16H,7-12H2,1-4H3,(H,26,28);5-8,15-18H,9-14H2,1-4H3,(H,25,27);7-8,10-13H,6,9H2,1-5H3,(H,23,25);7-8,10-13,23H,6,9H2,1-5H3;4-10H,1-3H3. The molecule has 2 aliphatic rings. The number of nitrogens with one attached hydrogen (secondary N) is 4. The summed E-state index contributed by atoms with van der Waals surface area (Å²) in [4.78, 5) is 42.1. The van der Waals surface area contributed by atoms with Gasteiger partial charge in [0.25, 0.3) is 12.0 Å². The molecule has 0 spiro atoms. The van der Waals surface area contributed by atoms with E-state index < -0.39 is 0 Å². The van der Waals surface area contributed by atoms with Gasteiger partial charge in [-0.05, 0) is 204 Å².